The van der Waals surface area contributed by atoms with Gasteiger partial charge in [-0.05, 0) is 76.4 Å². The Hall–Kier alpha value is -4.73. The van der Waals surface area contributed by atoms with E-state index < -0.39 is 45.2 Å². The van der Waals surface area contributed by atoms with Gasteiger partial charge in [0.2, 0.25) is 21.9 Å². The van der Waals surface area contributed by atoms with Crippen LogP contribution in [-0.4, -0.2) is 71.0 Å². The summed E-state index contributed by atoms with van der Waals surface area (Å²) in [4.78, 5) is 27.6. The first-order valence-electron chi connectivity index (χ1n) is 15.0. The number of alkyl halides is 3. The Kier molecular flexibility index (Phi) is 9.67. The zero-order valence-electron chi connectivity index (χ0n) is 26.6. The normalized spacial score (nSPS) is 15.7. The van der Waals surface area contributed by atoms with Crippen LogP contribution in [0.4, 0.5) is 34.0 Å². The maximum absolute atomic E-state index is 14.9. The number of pyridine rings is 1. The lowest BCUT2D eigenvalue weighted by atomic mass is 10.0. The van der Waals surface area contributed by atoms with Crippen molar-refractivity contribution in [1.29, 1.82) is 0 Å². The van der Waals surface area contributed by atoms with Gasteiger partial charge >= 0.3 is 12.3 Å². The summed E-state index contributed by atoms with van der Waals surface area (Å²) in [5.41, 5.74) is 0.218. The Labute approximate surface area is 274 Å². The van der Waals surface area contributed by atoms with Crippen LogP contribution in [0.2, 0.25) is 0 Å². The zero-order chi connectivity index (χ0) is 34.9. The number of likely N-dealkylation sites (tertiary alicyclic amines) is 1. The van der Waals surface area contributed by atoms with E-state index >= 15 is 0 Å². The topological polar surface area (TPSA) is 136 Å². The van der Waals surface area contributed by atoms with Gasteiger partial charge in [0.05, 0.1) is 16.9 Å². The van der Waals surface area contributed by atoms with Gasteiger partial charge in [0.1, 0.15) is 17.2 Å². The van der Waals surface area contributed by atoms with Crippen molar-refractivity contribution in [3.63, 3.8) is 0 Å². The predicted molar refractivity (Wildman–Crippen MR) is 172 cm³/mol. The molecule has 0 saturated carbocycles. The SMILES string of the molecule is Cc1ccc2c(NS(=O)(=O)CC(F)(F)F)c(F)ccc2c1Oc1ncccc1-c1ccnc(NC2CCCN(C(=O)OC(C)(C)C)C2)n1. The van der Waals surface area contributed by atoms with Crippen LogP contribution in [0.5, 0.6) is 11.6 Å². The van der Waals surface area contributed by atoms with Crippen molar-refractivity contribution in [2.45, 2.75) is 58.4 Å². The number of aromatic nitrogens is 3. The molecule has 3 heterocycles. The highest BCUT2D eigenvalue weighted by atomic mass is 32.2. The summed E-state index contributed by atoms with van der Waals surface area (Å²) in [6.07, 6.45) is -0.830. The highest BCUT2D eigenvalue weighted by Gasteiger charge is 2.36. The molecule has 256 valence electrons. The maximum atomic E-state index is 14.9. The van der Waals surface area contributed by atoms with Gasteiger partial charge in [-0.15, -0.1) is 0 Å². The number of sulfonamides is 1. The molecule has 1 fully saturated rings. The van der Waals surface area contributed by atoms with Crippen molar-refractivity contribution in [2.75, 3.05) is 28.9 Å². The molecule has 11 nitrogen and oxygen atoms in total. The Morgan fingerprint density at radius 3 is 2.52 bits per heavy atom. The molecule has 1 aliphatic heterocycles. The molecule has 0 bridgehead atoms. The summed E-state index contributed by atoms with van der Waals surface area (Å²) in [5, 5.41) is 3.51. The number of ether oxygens (including phenoxy) is 2. The first-order chi connectivity index (χ1) is 22.5. The number of halogens is 4. The monoisotopic (exact) mass is 690 g/mol. The number of carbonyl (C=O) groups excluding carboxylic acids is 1. The van der Waals surface area contributed by atoms with E-state index in [-0.39, 0.29) is 28.4 Å². The fourth-order valence-electron chi connectivity index (χ4n) is 5.22. The number of piperidine rings is 1. The van der Waals surface area contributed by atoms with Crippen LogP contribution >= 0.6 is 0 Å². The van der Waals surface area contributed by atoms with E-state index in [4.69, 9.17) is 9.47 Å². The molecular formula is C32H34F4N6O5S. The van der Waals surface area contributed by atoms with Crippen LogP contribution in [0.25, 0.3) is 22.0 Å². The molecule has 1 atom stereocenters. The summed E-state index contributed by atoms with van der Waals surface area (Å²) < 4.78 is 91.4. The molecule has 0 aliphatic carbocycles. The predicted octanol–water partition coefficient (Wildman–Crippen LogP) is 7.05. The van der Waals surface area contributed by atoms with Gasteiger partial charge in [0.25, 0.3) is 0 Å². The lowest BCUT2D eigenvalue weighted by molar-refractivity contribution is -0.106. The maximum Gasteiger partial charge on any atom is 0.410 e. The number of hydrogen-bond donors (Lipinski definition) is 2. The van der Waals surface area contributed by atoms with Gasteiger partial charge in [-0.1, -0.05) is 12.1 Å². The number of nitrogens with one attached hydrogen (secondary N) is 2. The molecule has 0 spiro atoms. The van der Waals surface area contributed by atoms with Crippen LogP contribution < -0.4 is 14.8 Å². The smallest absolute Gasteiger partial charge is 0.410 e. The number of nitrogens with zero attached hydrogens (tertiary/aromatic N) is 4. The first-order valence-corrected chi connectivity index (χ1v) is 16.6. The number of aryl methyl sites for hydroxylation is 1. The number of fused-ring (bicyclic) bond motifs is 1. The second-order valence-corrected chi connectivity index (χ2v) is 14.1. The van der Waals surface area contributed by atoms with Gasteiger partial charge in [-0.2, -0.15) is 13.2 Å². The summed E-state index contributed by atoms with van der Waals surface area (Å²) in [7, 11) is -4.97. The molecule has 1 aliphatic rings. The lowest BCUT2D eigenvalue weighted by Crippen LogP contribution is -2.47. The van der Waals surface area contributed by atoms with Crippen LogP contribution in [0.1, 0.15) is 39.2 Å². The standard InChI is InChI=1S/C32H34F4N6O5S/c1-19-9-10-21-22(11-12-24(33)26(21)41-48(44,45)18-32(34,35)36)27(19)46-28-23(8-5-14-37-28)25-13-15-38-29(40-25)39-20-7-6-16-42(17-20)30(43)47-31(2,3)4/h5,8-15,20,41H,6-7,16-18H2,1-4H3,(H,38,39,40). The molecule has 2 aromatic heterocycles. The van der Waals surface area contributed by atoms with E-state index in [1.807, 2.05) is 20.8 Å². The highest BCUT2D eigenvalue weighted by Crippen LogP contribution is 2.40. The minimum atomic E-state index is -5.03. The van der Waals surface area contributed by atoms with Crippen molar-refractivity contribution in [3.05, 3.63) is 66.2 Å². The van der Waals surface area contributed by atoms with Crippen LogP contribution in [0, 0.1) is 12.7 Å². The molecule has 1 saturated heterocycles. The first kappa shape index (κ1) is 34.6. The molecule has 48 heavy (non-hydrogen) atoms. The summed E-state index contributed by atoms with van der Waals surface area (Å²) >= 11 is 0. The highest BCUT2D eigenvalue weighted by molar-refractivity contribution is 7.92. The lowest BCUT2D eigenvalue weighted by Gasteiger charge is -2.34. The van der Waals surface area contributed by atoms with Gasteiger partial charge in [0.15, 0.2) is 5.75 Å². The third-order valence-corrected chi connectivity index (χ3v) is 8.44. The zero-order valence-corrected chi connectivity index (χ0v) is 27.4. The third kappa shape index (κ3) is 8.59. The second kappa shape index (κ2) is 13.4. The summed E-state index contributed by atoms with van der Waals surface area (Å²) in [5.74, 6) is -2.64. The number of anilines is 2. The second-order valence-electron chi connectivity index (χ2n) is 12.3. The van der Waals surface area contributed by atoms with E-state index in [2.05, 4.69) is 20.3 Å². The van der Waals surface area contributed by atoms with Crippen molar-refractivity contribution in [2.24, 2.45) is 0 Å². The summed E-state index contributed by atoms with van der Waals surface area (Å²) in [6.45, 7) is 8.11. The molecule has 1 amide bonds. The largest absolute Gasteiger partial charge is 0.444 e. The van der Waals surface area contributed by atoms with Crippen molar-refractivity contribution in [3.8, 4) is 22.9 Å². The molecule has 2 N–H and O–H groups in total. The van der Waals surface area contributed by atoms with E-state index in [1.54, 1.807) is 40.9 Å². The molecule has 2 aromatic carbocycles. The van der Waals surface area contributed by atoms with E-state index in [1.165, 1.54) is 24.4 Å². The molecular weight excluding hydrogens is 656 g/mol. The van der Waals surface area contributed by atoms with Crippen molar-refractivity contribution in [1.82, 2.24) is 19.9 Å². The number of benzene rings is 2. The molecule has 16 heteroatoms. The average Bonchev–Trinajstić information content (AvgIpc) is 2.98. The van der Waals surface area contributed by atoms with Crippen LogP contribution in [0.3, 0.4) is 0 Å². The van der Waals surface area contributed by atoms with Gasteiger partial charge in [-0.3, -0.25) is 4.72 Å². The average molecular weight is 691 g/mol. The van der Waals surface area contributed by atoms with Crippen molar-refractivity contribution < 1.29 is 40.2 Å². The van der Waals surface area contributed by atoms with Gasteiger partial charge in [0, 0.05) is 42.3 Å². The fraction of sp³-hybridized carbons (Fsp3) is 0.375. The Morgan fingerprint density at radius 1 is 1.04 bits per heavy atom. The summed E-state index contributed by atoms with van der Waals surface area (Å²) in [6, 6.07) is 10.1. The van der Waals surface area contributed by atoms with E-state index in [9.17, 15) is 30.8 Å². The fourth-order valence-corrected chi connectivity index (χ4v) is 6.24. The van der Waals surface area contributed by atoms with Gasteiger partial charge in [-0.25, -0.2) is 32.6 Å². The Bertz CT molecular complexity index is 1930. The molecule has 4 aromatic rings. The number of carbonyl (C=O) groups is 1. The third-order valence-electron chi connectivity index (χ3n) is 7.22. The number of rotatable bonds is 8. The van der Waals surface area contributed by atoms with Crippen LogP contribution in [-0.2, 0) is 14.8 Å². The van der Waals surface area contributed by atoms with Gasteiger partial charge < -0.3 is 19.7 Å². The van der Waals surface area contributed by atoms with E-state index in [0.717, 1.165) is 18.9 Å². The minimum absolute atomic E-state index is 0.0136. The quantitative estimate of drug-likeness (QED) is 0.187. The van der Waals surface area contributed by atoms with Crippen molar-refractivity contribution >= 4 is 38.5 Å². The van der Waals surface area contributed by atoms with E-state index in [0.29, 0.717) is 35.9 Å². The number of amides is 1. The number of hydrogen-bond acceptors (Lipinski definition) is 9. The molecule has 0 radical (unpaired) electrons. The Morgan fingerprint density at radius 2 is 1.79 bits per heavy atom. The Balaban J connectivity index is 1.42. The molecule has 1 unspecified atom stereocenters. The van der Waals surface area contributed by atoms with Crippen LogP contribution in [0.15, 0.2) is 54.9 Å². The molecule has 5 rings (SSSR count). The minimum Gasteiger partial charge on any atom is -0.444 e.